The van der Waals surface area contributed by atoms with Crippen molar-refractivity contribution in [2.24, 2.45) is 11.3 Å². The molecule has 1 amide bonds. The zero-order valence-corrected chi connectivity index (χ0v) is 16.7. The standard InChI is InChI=1S/C24H22F2N2O3/c25-21(26)16-6-4-14(5-7-16)13-28-9-8-15-2-1-3-18(20(15)28)22(29)27-19-12-24(19)10-17(11-24)23(30)31/h1-9,17,19,21H,10-13H2,(H,27,29)(H,30,31). The Labute approximate surface area is 177 Å². The van der Waals surface area contributed by atoms with Crippen molar-refractivity contribution in [1.82, 2.24) is 9.88 Å². The van der Waals surface area contributed by atoms with E-state index in [-0.39, 0.29) is 28.8 Å². The predicted octanol–water partition coefficient (Wildman–Crippen LogP) is 4.61. The Bertz CT molecular complexity index is 1160. The van der Waals surface area contributed by atoms with Crippen LogP contribution in [0.25, 0.3) is 10.9 Å². The van der Waals surface area contributed by atoms with Crippen LogP contribution in [0.2, 0.25) is 0 Å². The second-order valence-corrected chi connectivity index (χ2v) is 8.77. The fourth-order valence-corrected chi connectivity index (χ4v) is 4.88. The summed E-state index contributed by atoms with van der Waals surface area (Å²) in [6, 6.07) is 13.7. The molecular weight excluding hydrogens is 402 g/mol. The number of amides is 1. The molecule has 160 valence electrons. The first-order valence-corrected chi connectivity index (χ1v) is 10.3. The average Bonchev–Trinajstić information content (AvgIpc) is 3.29. The number of hydrogen-bond donors (Lipinski definition) is 2. The number of halogens is 2. The number of nitrogens with one attached hydrogen (secondary N) is 1. The Morgan fingerprint density at radius 3 is 2.52 bits per heavy atom. The van der Waals surface area contributed by atoms with Gasteiger partial charge in [-0.15, -0.1) is 0 Å². The number of alkyl halides is 2. The quantitative estimate of drug-likeness (QED) is 0.607. The van der Waals surface area contributed by atoms with Crippen LogP contribution >= 0.6 is 0 Å². The second-order valence-electron chi connectivity index (χ2n) is 8.77. The number of carbonyl (C=O) groups excluding carboxylic acids is 1. The summed E-state index contributed by atoms with van der Waals surface area (Å²) in [5, 5.41) is 13.1. The lowest BCUT2D eigenvalue weighted by Gasteiger charge is -2.33. The smallest absolute Gasteiger partial charge is 0.306 e. The number of carbonyl (C=O) groups is 2. The van der Waals surface area contributed by atoms with Gasteiger partial charge >= 0.3 is 5.97 Å². The molecule has 2 aliphatic carbocycles. The number of carboxylic acid groups (broad SMARTS) is 1. The third-order valence-corrected chi connectivity index (χ3v) is 6.77. The van der Waals surface area contributed by atoms with Crippen molar-refractivity contribution in [3.05, 3.63) is 71.4 Å². The number of benzene rings is 2. The molecule has 0 saturated heterocycles. The zero-order valence-electron chi connectivity index (χ0n) is 16.7. The highest BCUT2D eigenvalue weighted by Crippen LogP contribution is 2.63. The van der Waals surface area contributed by atoms with Crippen LogP contribution in [0.5, 0.6) is 0 Å². The lowest BCUT2D eigenvalue weighted by molar-refractivity contribution is -0.147. The van der Waals surface area contributed by atoms with E-state index in [9.17, 15) is 18.4 Å². The molecular formula is C24H22F2N2O3. The Hall–Kier alpha value is -3.22. The van der Waals surface area contributed by atoms with E-state index in [1.807, 2.05) is 29.0 Å². The van der Waals surface area contributed by atoms with E-state index in [1.54, 1.807) is 18.2 Å². The lowest BCUT2D eigenvalue weighted by Crippen LogP contribution is -2.39. The molecule has 5 rings (SSSR count). The third kappa shape index (κ3) is 3.48. The summed E-state index contributed by atoms with van der Waals surface area (Å²) in [4.78, 5) is 24.1. The van der Waals surface area contributed by atoms with E-state index in [1.165, 1.54) is 12.1 Å². The number of para-hydroxylation sites is 1. The molecule has 2 aromatic carbocycles. The predicted molar refractivity (Wildman–Crippen MR) is 111 cm³/mol. The molecule has 7 heteroatoms. The highest BCUT2D eigenvalue weighted by molar-refractivity contribution is 6.06. The zero-order chi connectivity index (χ0) is 21.8. The van der Waals surface area contributed by atoms with Gasteiger partial charge in [-0.1, -0.05) is 36.4 Å². The maximum atomic E-state index is 13.1. The van der Waals surface area contributed by atoms with Crippen molar-refractivity contribution in [2.45, 2.75) is 38.3 Å². The van der Waals surface area contributed by atoms with Gasteiger partial charge in [-0.2, -0.15) is 0 Å². The number of rotatable bonds is 6. The molecule has 1 spiro atoms. The maximum Gasteiger partial charge on any atom is 0.306 e. The number of carboxylic acids is 1. The van der Waals surface area contributed by atoms with E-state index in [0.717, 1.165) is 22.9 Å². The molecule has 1 atom stereocenters. The van der Waals surface area contributed by atoms with Gasteiger partial charge in [0.05, 0.1) is 17.0 Å². The highest BCUT2D eigenvalue weighted by Gasteiger charge is 2.63. The van der Waals surface area contributed by atoms with E-state index in [4.69, 9.17) is 5.11 Å². The Balaban J connectivity index is 1.34. The van der Waals surface area contributed by atoms with Crippen LogP contribution in [0.15, 0.2) is 54.7 Å². The van der Waals surface area contributed by atoms with Crippen LogP contribution in [0, 0.1) is 11.3 Å². The highest BCUT2D eigenvalue weighted by atomic mass is 19.3. The Morgan fingerprint density at radius 1 is 1.10 bits per heavy atom. The first-order valence-electron chi connectivity index (χ1n) is 10.3. The van der Waals surface area contributed by atoms with Crippen molar-refractivity contribution in [2.75, 3.05) is 0 Å². The summed E-state index contributed by atoms with van der Waals surface area (Å²) < 4.78 is 27.6. The number of aliphatic carboxylic acids is 1. The molecule has 2 saturated carbocycles. The molecule has 31 heavy (non-hydrogen) atoms. The minimum atomic E-state index is -2.50. The maximum absolute atomic E-state index is 13.1. The summed E-state index contributed by atoms with van der Waals surface area (Å²) in [5.41, 5.74) is 2.17. The van der Waals surface area contributed by atoms with Gasteiger partial charge in [-0.3, -0.25) is 9.59 Å². The van der Waals surface area contributed by atoms with Crippen molar-refractivity contribution in [3.63, 3.8) is 0 Å². The number of hydrogen-bond acceptors (Lipinski definition) is 2. The van der Waals surface area contributed by atoms with Gasteiger partial charge in [0.1, 0.15) is 0 Å². The molecule has 2 aliphatic rings. The van der Waals surface area contributed by atoms with Gasteiger partial charge in [0.15, 0.2) is 0 Å². The second kappa shape index (κ2) is 7.18. The van der Waals surface area contributed by atoms with Gasteiger partial charge in [0.25, 0.3) is 12.3 Å². The van der Waals surface area contributed by atoms with E-state index in [0.29, 0.717) is 24.9 Å². The summed E-state index contributed by atoms with van der Waals surface area (Å²) in [6.45, 7) is 0.463. The van der Waals surface area contributed by atoms with Crippen LogP contribution in [0.3, 0.4) is 0 Å². The molecule has 0 radical (unpaired) electrons. The molecule has 1 aromatic heterocycles. The molecule has 0 bridgehead atoms. The molecule has 5 nitrogen and oxygen atoms in total. The van der Waals surface area contributed by atoms with Crippen molar-refractivity contribution >= 4 is 22.8 Å². The Morgan fingerprint density at radius 2 is 1.84 bits per heavy atom. The molecule has 1 heterocycles. The number of aromatic nitrogens is 1. The monoisotopic (exact) mass is 424 g/mol. The van der Waals surface area contributed by atoms with Gasteiger partial charge < -0.3 is 15.0 Å². The molecule has 3 aromatic rings. The Kier molecular flexibility index (Phi) is 4.57. The van der Waals surface area contributed by atoms with Crippen molar-refractivity contribution in [1.29, 1.82) is 0 Å². The van der Waals surface area contributed by atoms with Crippen molar-refractivity contribution < 1.29 is 23.5 Å². The number of nitrogens with zero attached hydrogens (tertiary/aromatic N) is 1. The minimum absolute atomic E-state index is 0.0133. The molecule has 0 aliphatic heterocycles. The molecule has 2 fully saturated rings. The number of fused-ring (bicyclic) bond motifs is 1. The lowest BCUT2D eigenvalue weighted by atomic mass is 9.71. The molecule has 1 unspecified atom stereocenters. The van der Waals surface area contributed by atoms with Crippen molar-refractivity contribution in [3.8, 4) is 0 Å². The third-order valence-electron chi connectivity index (χ3n) is 6.77. The van der Waals surface area contributed by atoms with E-state index >= 15 is 0 Å². The summed E-state index contributed by atoms with van der Waals surface area (Å²) in [5.74, 6) is -1.22. The van der Waals surface area contributed by atoms with Crippen LogP contribution in [-0.4, -0.2) is 27.6 Å². The summed E-state index contributed by atoms with van der Waals surface area (Å²) in [7, 11) is 0. The van der Waals surface area contributed by atoms with Crippen LogP contribution in [0.1, 0.15) is 47.2 Å². The average molecular weight is 424 g/mol. The van der Waals surface area contributed by atoms with Gasteiger partial charge in [0, 0.05) is 29.7 Å². The molecule has 2 N–H and O–H groups in total. The fraction of sp³-hybridized carbons (Fsp3) is 0.333. The minimum Gasteiger partial charge on any atom is -0.481 e. The van der Waals surface area contributed by atoms with Gasteiger partial charge in [-0.05, 0) is 42.4 Å². The van der Waals surface area contributed by atoms with E-state index < -0.39 is 12.4 Å². The first kappa shape index (κ1) is 19.7. The fourth-order valence-electron chi connectivity index (χ4n) is 4.88. The van der Waals surface area contributed by atoms with Crippen LogP contribution in [-0.2, 0) is 11.3 Å². The SMILES string of the molecule is O=C(NC1CC12CC(C(=O)O)C2)c1cccc2ccn(Cc3ccc(C(F)F)cc3)c12. The van der Waals surface area contributed by atoms with Crippen LogP contribution in [0.4, 0.5) is 8.78 Å². The normalized spacial score (nSPS) is 24.4. The topological polar surface area (TPSA) is 71.3 Å². The van der Waals surface area contributed by atoms with E-state index in [2.05, 4.69) is 5.32 Å². The largest absolute Gasteiger partial charge is 0.481 e. The summed E-state index contributed by atoms with van der Waals surface area (Å²) in [6.07, 6.45) is 1.48. The first-order chi connectivity index (χ1) is 14.9. The van der Waals surface area contributed by atoms with Gasteiger partial charge in [-0.25, -0.2) is 8.78 Å². The van der Waals surface area contributed by atoms with Crippen LogP contribution < -0.4 is 5.32 Å². The van der Waals surface area contributed by atoms with Gasteiger partial charge in [0.2, 0.25) is 0 Å². The summed E-state index contributed by atoms with van der Waals surface area (Å²) >= 11 is 0.